The topological polar surface area (TPSA) is 21.3 Å². The third-order valence-electron chi connectivity index (χ3n) is 4.39. The van der Waals surface area contributed by atoms with E-state index >= 15 is 0 Å². The number of nitrogens with one attached hydrogen (secondary N) is 1. The normalized spacial score (nSPS) is 18.7. The quantitative estimate of drug-likeness (QED) is 0.927. The molecule has 1 heterocycles. The van der Waals surface area contributed by atoms with Crippen molar-refractivity contribution in [2.24, 2.45) is 5.92 Å². The molecule has 0 radical (unpaired) electrons. The minimum atomic E-state index is 0.445. The highest BCUT2D eigenvalue weighted by Gasteiger charge is 2.26. The lowest BCUT2D eigenvalue weighted by atomic mass is 9.87. The summed E-state index contributed by atoms with van der Waals surface area (Å²) >= 11 is 0. The van der Waals surface area contributed by atoms with Crippen LogP contribution in [0, 0.1) is 12.8 Å². The monoisotopic (exact) mass is 281 g/mol. The van der Waals surface area contributed by atoms with Gasteiger partial charge in [0.15, 0.2) is 0 Å². The van der Waals surface area contributed by atoms with Crippen molar-refractivity contribution in [3.05, 3.63) is 65.2 Å². The number of rotatable bonds is 4. The van der Waals surface area contributed by atoms with Gasteiger partial charge in [-0.25, -0.2) is 0 Å². The molecule has 1 N–H and O–H groups in total. The van der Waals surface area contributed by atoms with E-state index in [1.807, 2.05) is 6.07 Å². The molecule has 1 aliphatic rings. The van der Waals surface area contributed by atoms with Gasteiger partial charge in [-0.15, -0.1) is 0 Å². The van der Waals surface area contributed by atoms with E-state index in [-0.39, 0.29) is 0 Å². The summed E-state index contributed by atoms with van der Waals surface area (Å²) in [7, 11) is 2.06. The van der Waals surface area contributed by atoms with Gasteiger partial charge in [-0.1, -0.05) is 48.0 Å². The zero-order valence-electron chi connectivity index (χ0n) is 12.8. The first-order chi connectivity index (χ1) is 10.3. The molecule has 0 saturated carbocycles. The van der Waals surface area contributed by atoms with Crippen molar-refractivity contribution in [1.82, 2.24) is 5.32 Å². The van der Waals surface area contributed by atoms with E-state index in [2.05, 4.69) is 61.8 Å². The highest BCUT2D eigenvalue weighted by atomic mass is 16.5. The van der Waals surface area contributed by atoms with E-state index < -0.39 is 0 Å². The van der Waals surface area contributed by atoms with Crippen LogP contribution in [0.1, 0.15) is 16.7 Å². The van der Waals surface area contributed by atoms with Gasteiger partial charge in [0.25, 0.3) is 0 Å². The van der Waals surface area contributed by atoms with Crippen LogP contribution in [0.3, 0.4) is 0 Å². The molecule has 2 heteroatoms. The zero-order chi connectivity index (χ0) is 14.7. The van der Waals surface area contributed by atoms with E-state index in [9.17, 15) is 0 Å². The predicted molar refractivity (Wildman–Crippen MR) is 86.9 cm³/mol. The van der Waals surface area contributed by atoms with Gasteiger partial charge in [-0.2, -0.15) is 0 Å². The maximum Gasteiger partial charge on any atom is 0.122 e. The van der Waals surface area contributed by atoms with Crippen LogP contribution in [-0.4, -0.2) is 19.7 Å². The molecular weight excluding hydrogens is 258 g/mol. The highest BCUT2D eigenvalue weighted by Crippen LogP contribution is 2.29. The fourth-order valence-electron chi connectivity index (χ4n) is 3.21. The van der Waals surface area contributed by atoms with Crippen LogP contribution in [0.25, 0.3) is 0 Å². The van der Waals surface area contributed by atoms with E-state index in [1.165, 1.54) is 16.7 Å². The third kappa shape index (κ3) is 3.27. The van der Waals surface area contributed by atoms with Gasteiger partial charge in [-0.05, 0) is 44.0 Å². The number of fused-ring (bicyclic) bond motifs is 1. The standard InChI is InChI=1S/C19H23NO/c1-14-6-5-7-15(10-14)11-18(20-2)17-12-16-8-3-4-9-19(16)21-13-17/h3-10,17-18,20H,11-13H2,1-2H3. The Hall–Kier alpha value is -1.80. The van der Waals surface area contributed by atoms with Gasteiger partial charge in [0.2, 0.25) is 0 Å². The second-order valence-electron chi connectivity index (χ2n) is 5.97. The van der Waals surface area contributed by atoms with Crippen LogP contribution < -0.4 is 10.1 Å². The third-order valence-corrected chi connectivity index (χ3v) is 4.39. The zero-order valence-corrected chi connectivity index (χ0v) is 12.8. The Kier molecular flexibility index (Phi) is 4.26. The molecule has 0 fully saturated rings. The predicted octanol–water partition coefficient (Wildman–Crippen LogP) is 3.38. The van der Waals surface area contributed by atoms with Crippen LogP contribution in [0.5, 0.6) is 5.75 Å². The van der Waals surface area contributed by atoms with Crippen LogP contribution in [0.4, 0.5) is 0 Å². The Labute approximate surface area is 127 Å². The molecule has 21 heavy (non-hydrogen) atoms. The van der Waals surface area contributed by atoms with Gasteiger partial charge in [0.05, 0.1) is 6.61 Å². The van der Waals surface area contributed by atoms with Gasteiger partial charge in [-0.3, -0.25) is 0 Å². The average molecular weight is 281 g/mol. The number of hydrogen-bond acceptors (Lipinski definition) is 2. The summed E-state index contributed by atoms with van der Waals surface area (Å²) in [5.41, 5.74) is 4.05. The molecule has 2 aromatic rings. The molecule has 0 bridgehead atoms. The molecule has 0 aliphatic carbocycles. The van der Waals surface area contributed by atoms with Crippen molar-refractivity contribution in [2.45, 2.75) is 25.8 Å². The molecule has 2 atom stereocenters. The molecule has 2 aromatic carbocycles. The van der Waals surface area contributed by atoms with Crippen LogP contribution in [0.15, 0.2) is 48.5 Å². The molecule has 2 nitrogen and oxygen atoms in total. The summed E-state index contributed by atoms with van der Waals surface area (Å²) in [6.07, 6.45) is 2.14. The second kappa shape index (κ2) is 6.31. The summed E-state index contributed by atoms with van der Waals surface area (Å²) in [5.74, 6) is 1.57. The Morgan fingerprint density at radius 2 is 2.05 bits per heavy atom. The largest absolute Gasteiger partial charge is 0.493 e. The van der Waals surface area contributed by atoms with E-state index in [0.29, 0.717) is 12.0 Å². The van der Waals surface area contributed by atoms with Crippen LogP contribution in [-0.2, 0) is 12.8 Å². The number of para-hydroxylation sites is 1. The minimum Gasteiger partial charge on any atom is -0.493 e. The van der Waals surface area contributed by atoms with Crippen molar-refractivity contribution in [2.75, 3.05) is 13.7 Å². The Morgan fingerprint density at radius 3 is 2.86 bits per heavy atom. The molecule has 1 aliphatic heterocycles. The summed E-state index contributed by atoms with van der Waals surface area (Å²) in [6.45, 7) is 2.95. The number of benzene rings is 2. The summed E-state index contributed by atoms with van der Waals surface area (Å²) in [6, 6.07) is 17.6. The lowest BCUT2D eigenvalue weighted by Gasteiger charge is -2.31. The molecule has 2 unspecified atom stereocenters. The minimum absolute atomic E-state index is 0.445. The van der Waals surface area contributed by atoms with Gasteiger partial charge in [0, 0.05) is 12.0 Å². The van der Waals surface area contributed by atoms with Crippen LogP contribution in [0.2, 0.25) is 0 Å². The summed E-state index contributed by atoms with van der Waals surface area (Å²) in [5, 5.41) is 3.49. The van der Waals surface area contributed by atoms with E-state index in [1.54, 1.807) is 0 Å². The van der Waals surface area contributed by atoms with Gasteiger partial charge in [0.1, 0.15) is 5.75 Å². The van der Waals surface area contributed by atoms with Crippen molar-refractivity contribution in [3.63, 3.8) is 0 Å². The number of aryl methyl sites for hydroxylation is 1. The maximum atomic E-state index is 5.94. The molecule has 3 rings (SSSR count). The molecule has 0 spiro atoms. The molecular formula is C19H23NO. The van der Waals surface area contributed by atoms with Crippen molar-refractivity contribution in [1.29, 1.82) is 0 Å². The smallest absolute Gasteiger partial charge is 0.122 e. The number of ether oxygens (including phenoxy) is 1. The lowest BCUT2D eigenvalue weighted by Crippen LogP contribution is -2.41. The number of hydrogen-bond donors (Lipinski definition) is 1. The van der Waals surface area contributed by atoms with Crippen molar-refractivity contribution in [3.8, 4) is 5.75 Å². The first-order valence-electron chi connectivity index (χ1n) is 7.70. The summed E-state index contributed by atoms with van der Waals surface area (Å²) < 4.78 is 5.94. The van der Waals surface area contributed by atoms with E-state index in [4.69, 9.17) is 4.74 Å². The fourth-order valence-corrected chi connectivity index (χ4v) is 3.21. The molecule has 0 saturated heterocycles. The highest BCUT2D eigenvalue weighted by molar-refractivity contribution is 5.35. The first kappa shape index (κ1) is 14.2. The van der Waals surface area contributed by atoms with Crippen molar-refractivity contribution < 1.29 is 4.74 Å². The van der Waals surface area contributed by atoms with Crippen molar-refractivity contribution >= 4 is 0 Å². The fraction of sp³-hybridized carbons (Fsp3) is 0.368. The SMILES string of the molecule is CNC(Cc1cccc(C)c1)C1COc2ccccc2C1. The lowest BCUT2D eigenvalue weighted by molar-refractivity contribution is 0.187. The average Bonchev–Trinajstić information content (AvgIpc) is 2.52. The summed E-state index contributed by atoms with van der Waals surface area (Å²) in [4.78, 5) is 0. The van der Waals surface area contributed by atoms with Gasteiger partial charge >= 0.3 is 0 Å². The molecule has 110 valence electrons. The molecule has 0 aromatic heterocycles. The molecule has 0 amide bonds. The second-order valence-corrected chi connectivity index (χ2v) is 5.97. The first-order valence-corrected chi connectivity index (χ1v) is 7.70. The number of likely N-dealkylation sites (N-methyl/N-ethyl adjacent to an activating group) is 1. The Bertz CT molecular complexity index is 608. The Morgan fingerprint density at radius 1 is 1.19 bits per heavy atom. The van der Waals surface area contributed by atoms with E-state index in [0.717, 1.165) is 25.2 Å². The van der Waals surface area contributed by atoms with Crippen LogP contribution >= 0.6 is 0 Å². The maximum absolute atomic E-state index is 5.94. The van der Waals surface area contributed by atoms with Gasteiger partial charge < -0.3 is 10.1 Å². The Balaban J connectivity index is 1.73.